The summed E-state index contributed by atoms with van der Waals surface area (Å²) in [6.45, 7) is 10.0. The summed E-state index contributed by atoms with van der Waals surface area (Å²) in [7, 11) is -3.40. The SMILES string of the molecule is CCCNCc1cc(S(=O)(=O)N(CC)C(C)CC)c[nH]1. The molecular weight excluding hydrogens is 274 g/mol. The maximum atomic E-state index is 12.6. The number of nitrogens with zero attached hydrogens (tertiary/aromatic N) is 1. The van der Waals surface area contributed by atoms with E-state index in [-0.39, 0.29) is 6.04 Å². The number of H-pyrrole nitrogens is 1. The molecular formula is C14H27N3O2S. The van der Waals surface area contributed by atoms with Crippen molar-refractivity contribution in [2.24, 2.45) is 0 Å². The molecule has 0 aliphatic rings. The van der Waals surface area contributed by atoms with Crippen LogP contribution >= 0.6 is 0 Å². The third-order valence-corrected chi connectivity index (χ3v) is 5.53. The molecule has 0 aliphatic heterocycles. The van der Waals surface area contributed by atoms with Gasteiger partial charge in [-0.2, -0.15) is 4.31 Å². The number of hydrogen-bond acceptors (Lipinski definition) is 3. The van der Waals surface area contributed by atoms with Gasteiger partial charge >= 0.3 is 0 Å². The molecule has 5 nitrogen and oxygen atoms in total. The highest BCUT2D eigenvalue weighted by Gasteiger charge is 2.27. The van der Waals surface area contributed by atoms with Gasteiger partial charge in [-0.1, -0.05) is 20.8 Å². The lowest BCUT2D eigenvalue weighted by molar-refractivity contribution is 0.342. The zero-order valence-electron chi connectivity index (χ0n) is 12.9. The van der Waals surface area contributed by atoms with E-state index in [4.69, 9.17) is 0 Å². The Balaban J connectivity index is 2.87. The van der Waals surface area contributed by atoms with E-state index >= 15 is 0 Å². The van der Waals surface area contributed by atoms with Crippen molar-refractivity contribution in [3.05, 3.63) is 18.0 Å². The Morgan fingerprint density at radius 3 is 2.60 bits per heavy atom. The number of aromatic nitrogens is 1. The topological polar surface area (TPSA) is 65.2 Å². The molecule has 0 aliphatic carbocycles. The van der Waals surface area contributed by atoms with Gasteiger partial charge in [-0.3, -0.25) is 0 Å². The number of sulfonamides is 1. The molecule has 0 aromatic carbocycles. The molecule has 0 bridgehead atoms. The van der Waals surface area contributed by atoms with Gasteiger partial charge in [0.15, 0.2) is 0 Å². The fraction of sp³-hybridized carbons (Fsp3) is 0.714. The smallest absolute Gasteiger partial charge is 0.244 e. The molecule has 1 atom stereocenters. The second kappa shape index (κ2) is 7.81. The highest BCUT2D eigenvalue weighted by atomic mass is 32.2. The van der Waals surface area contributed by atoms with Gasteiger partial charge in [0.1, 0.15) is 0 Å². The monoisotopic (exact) mass is 301 g/mol. The molecule has 0 saturated carbocycles. The van der Waals surface area contributed by atoms with Crippen LogP contribution < -0.4 is 5.32 Å². The summed E-state index contributed by atoms with van der Waals surface area (Å²) in [5.74, 6) is 0. The first-order valence-corrected chi connectivity index (χ1v) is 8.81. The van der Waals surface area contributed by atoms with E-state index in [1.807, 2.05) is 20.8 Å². The van der Waals surface area contributed by atoms with Crippen LogP contribution in [0.4, 0.5) is 0 Å². The average molecular weight is 301 g/mol. The maximum absolute atomic E-state index is 12.6. The van der Waals surface area contributed by atoms with Gasteiger partial charge < -0.3 is 10.3 Å². The van der Waals surface area contributed by atoms with E-state index in [0.29, 0.717) is 18.0 Å². The Kier molecular flexibility index (Phi) is 6.71. The fourth-order valence-electron chi connectivity index (χ4n) is 2.13. The summed E-state index contributed by atoms with van der Waals surface area (Å²) < 4.78 is 26.7. The van der Waals surface area contributed by atoms with E-state index in [1.54, 1.807) is 16.6 Å². The van der Waals surface area contributed by atoms with Crippen molar-refractivity contribution >= 4 is 10.0 Å². The first-order valence-electron chi connectivity index (χ1n) is 7.37. The lowest BCUT2D eigenvalue weighted by Gasteiger charge is -2.25. The van der Waals surface area contributed by atoms with Gasteiger partial charge in [-0.05, 0) is 32.4 Å². The van der Waals surface area contributed by atoms with Crippen molar-refractivity contribution in [1.29, 1.82) is 0 Å². The van der Waals surface area contributed by atoms with Crippen LogP contribution in [0.3, 0.4) is 0 Å². The Bertz CT molecular complexity index is 496. The fourth-order valence-corrected chi connectivity index (χ4v) is 3.86. The van der Waals surface area contributed by atoms with Gasteiger partial charge in [-0.25, -0.2) is 8.42 Å². The molecule has 1 heterocycles. The Hall–Kier alpha value is -0.850. The zero-order valence-corrected chi connectivity index (χ0v) is 13.8. The number of aromatic amines is 1. The standard InChI is InChI=1S/C14H27N3O2S/c1-5-8-15-10-13-9-14(11-16-13)20(18,19)17(7-3)12(4)6-2/h9,11-12,15-16H,5-8,10H2,1-4H3. The largest absolute Gasteiger partial charge is 0.363 e. The molecule has 1 aromatic rings. The first-order chi connectivity index (χ1) is 9.47. The van der Waals surface area contributed by atoms with Crippen LogP contribution in [0.2, 0.25) is 0 Å². The number of nitrogens with one attached hydrogen (secondary N) is 2. The Morgan fingerprint density at radius 2 is 2.05 bits per heavy atom. The van der Waals surface area contributed by atoms with E-state index in [1.165, 1.54) is 0 Å². The van der Waals surface area contributed by atoms with Crippen LogP contribution in [0.25, 0.3) is 0 Å². The first kappa shape index (κ1) is 17.2. The van der Waals surface area contributed by atoms with Crippen molar-refractivity contribution in [3.63, 3.8) is 0 Å². The van der Waals surface area contributed by atoms with Crippen LogP contribution in [0.5, 0.6) is 0 Å². The van der Waals surface area contributed by atoms with Crippen LogP contribution in [0.15, 0.2) is 17.2 Å². The summed E-state index contributed by atoms with van der Waals surface area (Å²) in [4.78, 5) is 3.39. The Labute approximate surface area is 122 Å². The summed E-state index contributed by atoms with van der Waals surface area (Å²) in [5, 5.41) is 3.25. The quantitative estimate of drug-likeness (QED) is 0.688. The molecule has 0 fully saturated rings. The highest BCUT2D eigenvalue weighted by Crippen LogP contribution is 2.20. The number of rotatable bonds is 9. The van der Waals surface area contributed by atoms with E-state index in [0.717, 1.165) is 25.1 Å². The summed E-state index contributed by atoms with van der Waals surface area (Å²) in [5.41, 5.74) is 0.900. The zero-order chi connectivity index (χ0) is 15.2. The molecule has 0 amide bonds. The normalized spacial score (nSPS) is 13.8. The van der Waals surface area contributed by atoms with Gasteiger partial charge in [0, 0.05) is 31.0 Å². The minimum atomic E-state index is -3.40. The van der Waals surface area contributed by atoms with Gasteiger partial charge in [0.25, 0.3) is 0 Å². The van der Waals surface area contributed by atoms with Crippen LogP contribution in [-0.2, 0) is 16.6 Å². The number of hydrogen-bond donors (Lipinski definition) is 2. The molecule has 20 heavy (non-hydrogen) atoms. The molecule has 1 rings (SSSR count). The predicted octanol–water partition coefficient (Wildman–Crippen LogP) is 2.32. The minimum Gasteiger partial charge on any atom is -0.363 e. The lowest BCUT2D eigenvalue weighted by Crippen LogP contribution is -2.37. The molecule has 0 radical (unpaired) electrons. The summed E-state index contributed by atoms with van der Waals surface area (Å²) in [6.07, 6.45) is 3.45. The van der Waals surface area contributed by atoms with Crippen molar-refractivity contribution in [3.8, 4) is 0 Å². The molecule has 6 heteroatoms. The molecule has 2 N–H and O–H groups in total. The third-order valence-electron chi connectivity index (χ3n) is 3.46. The van der Waals surface area contributed by atoms with Crippen LogP contribution in [0.1, 0.15) is 46.2 Å². The molecule has 1 aromatic heterocycles. The van der Waals surface area contributed by atoms with E-state index in [9.17, 15) is 8.42 Å². The van der Waals surface area contributed by atoms with E-state index < -0.39 is 10.0 Å². The van der Waals surface area contributed by atoms with Crippen molar-refractivity contribution < 1.29 is 8.42 Å². The lowest BCUT2D eigenvalue weighted by atomic mass is 10.3. The summed E-state index contributed by atoms with van der Waals surface area (Å²) in [6, 6.07) is 1.74. The van der Waals surface area contributed by atoms with E-state index in [2.05, 4.69) is 17.2 Å². The maximum Gasteiger partial charge on any atom is 0.244 e. The molecule has 0 spiro atoms. The second-order valence-electron chi connectivity index (χ2n) is 5.00. The van der Waals surface area contributed by atoms with Crippen LogP contribution in [-0.4, -0.2) is 36.8 Å². The Morgan fingerprint density at radius 1 is 1.35 bits per heavy atom. The highest BCUT2D eigenvalue weighted by molar-refractivity contribution is 7.89. The van der Waals surface area contributed by atoms with Gasteiger partial charge in [-0.15, -0.1) is 0 Å². The molecule has 116 valence electrons. The third kappa shape index (κ3) is 4.07. The minimum absolute atomic E-state index is 0.0153. The molecule has 0 saturated heterocycles. The van der Waals surface area contributed by atoms with Crippen LogP contribution in [0, 0.1) is 0 Å². The summed E-state index contributed by atoms with van der Waals surface area (Å²) >= 11 is 0. The van der Waals surface area contributed by atoms with Gasteiger partial charge in [0.2, 0.25) is 10.0 Å². The predicted molar refractivity (Wildman–Crippen MR) is 82.1 cm³/mol. The van der Waals surface area contributed by atoms with Crippen molar-refractivity contribution in [2.45, 2.75) is 58.0 Å². The average Bonchev–Trinajstić information content (AvgIpc) is 2.89. The van der Waals surface area contributed by atoms with Crippen molar-refractivity contribution in [1.82, 2.24) is 14.6 Å². The van der Waals surface area contributed by atoms with Gasteiger partial charge in [0.05, 0.1) is 4.90 Å². The molecule has 1 unspecified atom stereocenters. The van der Waals surface area contributed by atoms with Crippen molar-refractivity contribution in [2.75, 3.05) is 13.1 Å². The second-order valence-corrected chi connectivity index (χ2v) is 6.89.